The summed E-state index contributed by atoms with van der Waals surface area (Å²) in [6, 6.07) is 9.51. The number of benzene rings is 2. The lowest BCUT2D eigenvalue weighted by Gasteiger charge is -2.17. The third kappa shape index (κ3) is 5.61. The van der Waals surface area contributed by atoms with Crippen molar-refractivity contribution < 1.29 is 24.0 Å². The molecule has 0 aliphatic carbocycles. The van der Waals surface area contributed by atoms with E-state index in [0.29, 0.717) is 5.69 Å². The Balaban J connectivity index is 2.00. The minimum Gasteiger partial charge on any atom is -0.454 e. The van der Waals surface area contributed by atoms with Crippen LogP contribution in [0, 0.1) is 15.5 Å². The average molecular weight is 399 g/mol. The summed E-state index contributed by atoms with van der Waals surface area (Å²) in [6.07, 6.45) is 0. The molecule has 0 unspecified atom stereocenters. The van der Waals surface area contributed by atoms with Gasteiger partial charge in [-0.25, -0.2) is 4.79 Å². The molecule has 0 aliphatic heterocycles. The number of hydrogen-bond acceptors (Lipinski definition) is 7. The first-order valence-corrected chi connectivity index (χ1v) is 8.65. The highest BCUT2D eigenvalue weighted by atomic mass is 16.6. The Kier molecular flexibility index (Phi) is 6.32. The fourth-order valence-electron chi connectivity index (χ4n) is 2.18. The summed E-state index contributed by atoms with van der Waals surface area (Å²) in [5.74, 6) is -1.58. The maximum absolute atomic E-state index is 12.2. The quantitative estimate of drug-likeness (QED) is 0.250. The number of hydrogen-bond donors (Lipinski definition) is 2. The summed E-state index contributed by atoms with van der Waals surface area (Å²) < 4.78 is 4.94. The summed E-state index contributed by atoms with van der Waals surface area (Å²) in [5.41, 5.74) is 5.40. The van der Waals surface area contributed by atoms with Crippen molar-refractivity contribution in [2.24, 2.45) is 5.41 Å². The van der Waals surface area contributed by atoms with Crippen LogP contribution in [-0.4, -0.2) is 29.2 Å². The number of ether oxygens (including phenoxy) is 1. The lowest BCUT2D eigenvalue weighted by molar-refractivity contribution is -0.384. The van der Waals surface area contributed by atoms with Gasteiger partial charge in [-0.2, -0.15) is 0 Å². The fourth-order valence-corrected chi connectivity index (χ4v) is 2.18. The van der Waals surface area contributed by atoms with Crippen molar-refractivity contribution >= 4 is 34.7 Å². The SMILES string of the molecule is CC(C)(C)C(=O)Nc1ccc(C(=O)COC(=O)c2cc([N+](=O)[O-])ccc2N)cc1. The van der Waals surface area contributed by atoms with Crippen molar-refractivity contribution in [3.05, 3.63) is 63.7 Å². The maximum atomic E-state index is 12.2. The molecule has 0 aromatic heterocycles. The third-order valence-electron chi connectivity index (χ3n) is 3.95. The van der Waals surface area contributed by atoms with Gasteiger partial charge in [0.25, 0.3) is 5.69 Å². The molecule has 2 aromatic carbocycles. The molecule has 0 aliphatic rings. The van der Waals surface area contributed by atoms with Crippen molar-refractivity contribution in [2.75, 3.05) is 17.7 Å². The van der Waals surface area contributed by atoms with Crippen LogP contribution < -0.4 is 11.1 Å². The minimum absolute atomic E-state index is 0.00647. The fraction of sp³-hybridized carbons (Fsp3) is 0.250. The van der Waals surface area contributed by atoms with E-state index in [9.17, 15) is 24.5 Å². The van der Waals surface area contributed by atoms with Gasteiger partial charge < -0.3 is 15.8 Å². The van der Waals surface area contributed by atoms with E-state index in [2.05, 4.69) is 5.32 Å². The second-order valence-corrected chi connectivity index (χ2v) is 7.31. The summed E-state index contributed by atoms with van der Waals surface area (Å²) in [4.78, 5) is 46.5. The molecular formula is C20H21N3O6. The number of nitro benzene ring substituents is 1. The number of Topliss-reactive ketones (excluding diaryl/α,β-unsaturated/α-hetero) is 1. The lowest BCUT2D eigenvalue weighted by atomic mass is 9.95. The van der Waals surface area contributed by atoms with Gasteiger partial charge in [0.05, 0.1) is 10.5 Å². The van der Waals surface area contributed by atoms with Gasteiger partial charge in [-0.1, -0.05) is 20.8 Å². The van der Waals surface area contributed by atoms with Gasteiger partial charge in [0.2, 0.25) is 5.91 Å². The predicted molar refractivity (Wildman–Crippen MR) is 107 cm³/mol. The summed E-state index contributed by atoms with van der Waals surface area (Å²) in [7, 11) is 0. The van der Waals surface area contributed by atoms with E-state index in [1.54, 1.807) is 32.9 Å². The largest absolute Gasteiger partial charge is 0.454 e. The van der Waals surface area contributed by atoms with Crippen molar-refractivity contribution in [3.8, 4) is 0 Å². The van der Waals surface area contributed by atoms with Crippen LogP contribution in [0.3, 0.4) is 0 Å². The van der Waals surface area contributed by atoms with Crippen LogP contribution in [0.1, 0.15) is 41.5 Å². The lowest BCUT2D eigenvalue weighted by Crippen LogP contribution is -2.27. The molecule has 9 heteroatoms. The number of amides is 1. The van der Waals surface area contributed by atoms with E-state index in [1.165, 1.54) is 18.2 Å². The Labute approximate surface area is 167 Å². The first kappa shape index (κ1) is 21.5. The zero-order valence-corrected chi connectivity index (χ0v) is 16.2. The monoisotopic (exact) mass is 399 g/mol. The summed E-state index contributed by atoms with van der Waals surface area (Å²) >= 11 is 0. The molecule has 29 heavy (non-hydrogen) atoms. The highest BCUT2D eigenvalue weighted by Crippen LogP contribution is 2.21. The van der Waals surface area contributed by atoms with Crippen molar-refractivity contribution in [1.29, 1.82) is 0 Å². The van der Waals surface area contributed by atoms with E-state index in [4.69, 9.17) is 10.5 Å². The van der Waals surface area contributed by atoms with Crippen molar-refractivity contribution in [3.63, 3.8) is 0 Å². The molecule has 0 radical (unpaired) electrons. The van der Waals surface area contributed by atoms with E-state index < -0.39 is 28.7 Å². The number of nitro groups is 1. The molecule has 0 saturated heterocycles. The molecule has 0 atom stereocenters. The smallest absolute Gasteiger partial charge is 0.340 e. The topological polar surface area (TPSA) is 142 Å². The first-order valence-electron chi connectivity index (χ1n) is 8.65. The highest BCUT2D eigenvalue weighted by Gasteiger charge is 2.21. The highest BCUT2D eigenvalue weighted by molar-refractivity contribution is 6.01. The zero-order valence-electron chi connectivity index (χ0n) is 16.2. The molecule has 0 heterocycles. The number of nitrogen functional groups attached to an aromatic ring is 1. The second-order valence-electron chi connectivity index (χ2n) is 7.31. The zero-order chi connectivity index (χ0) is 21.8. The molecule has 2 aromatic rings. The Morgan fingerprint density at radius 2 is 1.72 bits per heavy atom. The first-order chi connectivity index (χ1) is 13.5. The number of esters is 1. The third-order valence-corrected chi connectivity index (χ3v) is 3.95. The van der Waals surface area contributed by atoms with Gasteiger partial charge >= 0.3 is 5.97 Å². The van der Waals surface area contributed by atoms with Crippen LogP contribution in [-0.2, 0) is 9.53 Å². The van der Waals surface area contributed by atoms with Crippen LogP contribution in [0.4, 0.5) is 17.1 Å². The molecule has 0 spiro atoms. The van der Waals surface area contributed by atoms with Gasteiger partial charge in [0.15, 0.2) is 12.4 Å². The molecule has 0 bridgehead atoms. The van der Waals surface area contributed by atoms with Gasteiger partial charge in [0, 0.05) is 34.5 Å². The maximum Gasteiger partial charge on any atom is 0.340 e. The van der Waals surface area contributed by atoms with Gasteiger partial charge in [-0.3, -0.25) is 19.7 Å². The van der Waals surface area contributed by atoms with Crippen LogP contribution >= 0.6 is 0 Å². The van der Waals surface area contributed by atoms with Crippen LogP contribution in [0.5, 0.6) is 0 Å². The molecule has 1 amide bonds. The van der Waals surface area contributed by atoms with Crippen LogP contribution in [0.25, 0.3) is 0 Å². The number of nitrogens with two attached hydrogens (primary N) is 1. The molecule has 3 N–H and O–H groups in total. The average Bonchev–Trinajstić information content (AvgIpc) is 2.65. The molecule has 0 saturated carbocycles. The molecule has 2 rings (SSSR count). The molecule has 9 nitrogen and oxygen atoms in total. The number of ketones is 1. The molecule has 152 valence electrons. The number of carbonyl (C=O) groups is 3. The number of nitrogens with zero attached hydrogens (tertiary/aromatic N) is 1. The number of anilines is 2. The second kappa shape index (κ2) is 8.51. The van der Waals surface area contributed by atoms with Crippen molar-refractivity contribution in [1.82, 2.24) is 0 Å². The van der Waals surface area contributed by atoms with Crippen LogP contribution in [0.15, 0.2) is 42.5 Å². The number of carbonyl (C=O) groups excluding carboxylic acids is 3. The van der Waals surface area contributed by atoms with E-state index in [1.807, 2.05) is 0 Å². The standard InChI is InChI=1S/C20H21N3O6/c1-20(2,3)19(26)22-13-6-4-12(5-7-13)17(24)11-29-18(25)15-10-14(23(27)28)8-9-16(15)21/h4-10H,11,21H2,1-3H3,(H,22,26). The van der Waals surface area contributed by atoms with Gasteiger partial charge in [-0.05, 0) is 30.3 Å². The Bertz CT molecular complexity index is 961. The van der Waals surface area contributed by atoms with Gasteiger partial charge in [-0.15, -0.1) is 0 Å². The van der Waals surface area contributed by atoms with Crippen LogP contribution in [0.2, 0.25) is 0 Å². The number of nitrogens with one attached hydrogen (secondary N) is 1. The predicted octanol–water partition coefficient (Wildman–Crippen LogP) is 3.20. The molecule has 0 fully saturated rings. The summed E-state index contributed by atoms with van der Waals surface area (Å²) in [6.45, 7) is 4.78. The Morgan fingerprint density at radius 3 is 2.28 bits per heavy atom. The normalized spacial score (nSPS) is 10.9. The molecular weight excluding hydrogens is 378 g/mol. The number of rotatable bonds is 6. The Hall–Kier alpha value is -3.75. The summed E-state index contributed by atoms with van der Waals surface area (Å²) in [5, 5.41) is 13.6. The van der Waals surface area contributed by atoms with E-state index in [0.717, 1.165) is 12.1 Å². The number of non-ortho nitro benzene ring substituents is 1. The van der Waals surface area contributed by atoms with E-state index in [-0.39, 0.29) is 28.4 Å². The Morgan fingerprint density at radius 1 is 1.10 bits per heavy atom. The van der Waals surface area contributed by atoms with Gasteiger partial charge in [0.1, 0.15) is 0 Å². The van der Waals surface area contributed by atoms with Crippen molar-refractivity contribution in [2.45, 2.75) is 20.8 Å². The minimum atomic E-state index is -0.936. The van der Waals surface area contributed by atoms with E-state index >= 15 is 0 Å².